The fraction of sp³-hybridized carbons (Fsp3) is 0.438. The molecule has 0 saturated heterocycles. The second kappa shape index (κ2) is 5.06. The highest BCUT2D eigenvalue weighted by Gasteiger charge is 2.38. The van der Waals surface area contributed by atoms with E-state index in [-0.39, 0.29) is 17.3 Å². The van der Waals surface area contributed by atoms with Crippen molar-refractivity contribution in [2.45, 2.75) is 32.6 Å². The first kappa shape index (κ1) is 13.9. The minimum Gasteiger partial charge on any atom is -0.304 e. The summed E-state index contributed by atoms with van der Waals surface area (Å²) in [5.74, 6) is -1.57. The number of rotatable bonds is 3. The molecule has 0 radical (unpaired) electrons. The van der Waals surface area contributed by atoms with Crippen LogP contribution in [0.4, 0.5) is 10.1 Å². The Morgan fingerprint density at radius 3 is 2.71 bits per heavy atom. The molecule has 4 nitrogen and oxygen atoms in total. The van der Waals surface area contributed by atoms with Crippen LogP contribution in [0, 0.1) is 18.7 Å². The number of benzene rings is 1. The number of aryl methyl sites for hydroxylation is 1. The highest BCUT2D eigenvalue weighted by atomic mass is 19.1. The van der Waals surface area contributed by atoms with Crippen LogP contribution in [0.5, 0.6) is 0 Å². The largest absolute Gasteiger partial charge is 0.304 e. The van der Waals surface area contributed by atoms with E-state index in [1.807, 2.05) is 0 Å². The van der Waals surface area contributed by atoms with E-state index in [9.17, 15) is 18.8 Å². The highest BCUT2D eigenvalue weighted by Crippen LogP contribution is 2.34. The van der Waals surface area contributed by atoms with Crippen molar-refractivity contribution >= 4 is 23.2 Å². The third-order valence-corrected chi connectivity index (χ3v) is 4.35. The Balaban J connectivity index is 1.85. The van der Waals surface area contributed by atoms with Gasteiger partial charge in [0.15, 0.2) is 0 Å². The topological polar surface area (TPSA) is 54.5 Å². The molecule has 21 heavy (non-hydrogen) atoms. The Morgan fingerprint density at radius 1 is 1.29 bits per heavy atom. The zero-order valence-electron chi connectivity index (χ0n) is 11.8. The van der Waals surface area contributed by atoms with Gasteiger partial charge in [0.05, 0.1) is 11.3 Å². The summed E-state index contributed by atoms with van der Waals surface area (Å²) in [5, 5.41) is 0. The quantitative estimate of drug-likeness (QED) is 0.803. The van der Waals surface area contributed by atoms with Crippen molar-refractivity contribution < 1.29 is 18.8 Å². The van der Waals surface area contributed by atoms with Gasteiger partial charge in [-0.2, -0.15) is 0 Å². The first-order valence-corrected chi connectivity index (χ1v) is 7.18. The van der Waals surface area contributed by atoms with E-state index in [0.717, 1.165) is 18.9 Å². The van der Waals surface area contributed by atoms with Crippen LogP contribution in [-0.4, -0.2) is 24.0 Å². The summed E-state index contributed by atoms with van der Waals surface area (Å²) in [6.45, 7) is 2.02. The lowest BCUT2D eigenvalue weighted by Crippen LogP contribution is -2.32. The van der Waals surface area contributed by atoms with Crippen molar-refractivity contribution in [1.82, 2.24) is 0 Å². The second-order valence-corrected chi connectivity index (χ2v) is 5.75. The van der Waals surface area contributed by atoms with E-state index in [0.29, 0.717) is 30.6 Å². The second-order valence-electron chi connectivity index (χ2n) is 5.75. The van der Waals surface area contributed by atoms with Crippen LogP contribution in [0.15, 0.2) is 12.1 Å². The van der Waals surface area contributed by atoms with E-state index in [1.54, 1.807) is 6.92 Å². The van der Waals surface area contributed by atoms with Gasteiger partial charge in [-0.05, 0) is 43.9 Å². The number of ketones is 2. The number of hydrogen-bond acceptors (Lipinski definition) is 3. The van der Waals surface area contributed by atoms with E-state index >= 15 is 0 Å². The number of anilines is 1. The summed E-state index contributed by atoms with van der Waals surface area (Å²) in [4.78, 5) is 37.1. The Labute approximate surface area is 121 Å². The molecule has 1 atom stereocenters. The molecule has 1 aliphatic carbocycles. The number of carbonyl (C=O) groups excluding carboxylic acids is 3. The van der Waals surface area contributed by atoms with Gasteiger partial charge in [-0.15, -0.1) is 0 Å². The molecule has 5 heteroatoms. The predicted molar refractivity (Wildman–Crippen MR) is 74.8 cm³/mol. The first-order chi connectivity index (χ1) is 9.99. The lowest BCUT2D eigenvalue weighted by molar-refractivity contribution is -0.121. The molecule has 0 N–H and O–H groups in total. The van der Waals surface area contributed by atoms with E-state index < -0.39 is 17.5 Å². The van der Waals surface area contributed by atoms with Crippen LogP contribution < -0.4 is 4.90 Å². The standard InChI is InChI=1S/C16H16FNO3/c1-9-7-11(17)8-12-14(9)18(16(21)15(12)20)6-5-10-3-2-4-13(10)19/h7-8,10H,2-6H2,1H3. The summed E-state index contributed by atoms with van der Waals surface area (Å²) < 4.78 is 13.4. The molecule has 1 amide bonds. The summed E-state index contributed by atoms with van der Waals surface area (Å²) >= 11 is 0. The number of halogens is 1. The van der Waals surface area contributed by atoms with Crippen molar-refractivity contribution in [3.8, 4) is 0 Å². The van der Waals surface area contributed by atoms with Crippen LogP contribution >= 0.6 is 0 Å². The molecule has 1 heterocycles. The Bertz CT molecular complexity index is 653. The summed E-state index contributed by atoms with van der Waals surface area (Å²) in [5.41, 5.74) is 1.20. The van der Waals surface area contributed by atoms with Gasteiger partial charge < -0.3 is 4.90 Å². The third kappa shape index (κ3) is 2.26. The number of amides is 1. The van der Waals surface area contributed by atoms with Crippen molar-refractivity contribution in [2.24, 2.45) is 5.92 Å². The van der Waals surface area contributed by atoms with Crippen molar-refractivity contribution in [3.63, 3.8) is 0 Å². The minimum atomic E-state index is -0.662. The predicted octanol–water partition coefficient (Wildman–Crippen LogP) is 2.42. The maximum absolute atomic E-state index is 13.4. The van der Waals surface area contributed by atoms with Crippen LogP contribution in [-0.2, 0) is 9.59 Å². The van der Waals surface area contributed by atoms with Gasteiger partial charge in [0.25, 0.3) is 11.7 Å². The van der Waals surface area contributed by atoms with Gasteiger partial charge in [-0.25, -0.2) is 4.39 Å². The number of Topliss-reactive ketones (excluding diaryl/α,β-unsaturated/α-hetero) is 2. The van der Waals surface area contributed by atoms with E-state index in [4.69, 9.17) is 0 Å². The SMILES string of the molecule is Cc1cc(F)cc2c1N(CCC1CCCC1=O)C(=O)C2=O. The van der Waals surface area contributed by atoms with Crippen LogP contribution in [0.2, 0.25) is 0 Å². The molecule has 2 aliphatic rings. The number of nitrogens with zero attached hydrogens (tertiary/aromatic N) is 1. The van der Waals surface area contributed by atoms with Gasteiger partial charge in [0.2, 0.25) is 0 Å². The Hall–Kier alpha value is -2.04. The lowest BCUT2D eigenvalue weighted by Gasteiger charge is -2.20. The highest BCUT2D eigenvalue weighted by molar-refractivity contribution is 6.52. The van der Waals surface area contributed by atoms with Gasteiger partial charge >= 0.3 is 0 Å². The van der Waals surface area contributed by atoms with Gasteiger partial charge in [-0.1, -0.05) is 0 Å². The maximum atomic E-state index is 13.4. The van der Waals surface area contributed by atoms with Gasteiger partial charge in [0, 0.05) is 18.9 Å². The Kier molecular flexibility index (Phi) is 3.35. The van der Waals surface area contributed by atoms with E-state index in [2.05, 4.69) is 0 Å². The van der Waals surface area contributed by atoms with Gasteiger partial charge in [-0.3, -0.25) is 14.4 Å². The summed E-state index contributed by atoms with van der Waals surface area (Å²) in [6.07, 6.45) is 2.92. The first-order valence-electron chi connectivity index (χ1n) is 7.18. The minimum absolute atomic E-state index is 0.0160. The third-order valence-electron chi connectivity index (χ3n) is 4.35. The number of carbonyl (C=O) groups is 3. The molecule has 1 fully saturated rings. The summed E-state index contributed by atoms with van der Waals surface area (Å²) in [7, 11) is 0. The van der Waals surface area contributed by atoms with Crippen molar-refractivity contribution in [1.29, 1.82) is 0 Å². The fourth-order valence-electron chi connectivity index (χ4n) is 3.30. The molecule has 0 bridgehead atoms. The molecular formula is C16H16FNO3. The van der Waals surface area contributed by atoms with Gasteiger partial charge in [0.1, 0.15) is 11.6 Å². The average molecular weight is 289 g/mol. The van der Waals surface area contributed by atoms with Crippen molar-refractivity contribution in [2.75, 3.05) is 11.4 Å². The average Bonchev–Trinajstić information content (AvgIpc) is 2.93. The summed E-state index contributed by atoms with van der Waals surface area (Å²) in [6, 6.07) is 2.43. The molecule has 3 rings (SSSR count). The molecule has 1 unspecified atom stereocenters. The van der Waals surface area contributed by atoms with E-state index in [1.165, 1.54) is 11.0 Å². The smallest absolute Gasteiger partial charge is 0.299 e. The monoisotopic (exact) mass is 289 g/mol. The molecule has 110 valence electrons. The molecule has 1 aromatic rings. The number of fused-ring (bicyclic) bond motifs is 1. The molecular weight excluding hydrogens is 273 g/mol. The normalized spacial score (nSPS) is 21.3. The lowest BCUT2D eigenvalue weighted by atomic mass is 10.0. The van der Waals surface area contributed by atoms with Crippen LogP contribution in [0.25, 0.3) is 0 Å². The molecule has 0 aromatic heterocycles. The molecule has 1 aliphatic heterocycles. The maximum Gasteiger partial charge on any atom is 0.299 e. The van der Waals surface area contributed by atoms with Crippen molar-refractivity contribution in [3.05, 3.63) is 29.1 Å². The molecule has 1 aromatic carbocycles. The molecule has 0 spiro atoms. The van der Waals surface area contributed by atoms with Crippen LogP contribution in [0.3, 0.4) is 0 Å². The number of hydrogen-bond donors (Lipinski definition) is 0. The van der Waals surface area contributed by atoms with Crippen LogP contribution in [0.1, 0.15) is 41.6 Å². The zero-order valence-corrected chi connectivity index (χ0v) is 11.8. The zero-order chi connectivity index (χ0) is 15.1. The molecule has 1 saturated carbocycles. The Morgan fingerprint density at radius 2 is 2.05 bits per heavy atom. The fourth-order valence-corrected chi connectivity index (χ4v) is 3.30.